The number of aliphatic imine (C=N–C) groups is 2. The van der Waals surface area contributed by atoms with Gasteiger partial charge in [0.15, 0.2) is 0 Å². The van der Waals surface area contributed by atoms with Crippen molar-refractivity contribution in [3.63, 3.8) is 0 Å². The number of nitrogens with zero attached hydrogens (tertiary/aromatic N) is 2. The van der Waals surface area contributed by atoms with E-state index >= 15 is 0 Å². The summed E-state index contributed by atoms with van der Waals surface area (Å²) in [4.78, 5) is 8.61. The molecule has 0 bridgehead atoms. The SMILES string of the molecule is CC=C/C=C(\C)C(C)=NC(=NC)NCC(C)C. The van der Waals surface area contributed by atoms with Gasteiger partial charge in [-0.3, -0.25) is 4.99 Å². The second-order valence-electron chi connectivity index (χ2n) is 4.39. The Morgan fingerprint density at radius 3 is 2.41 bits per heavy atom. The van der Waals surface area contributed by atoms with Crippen molar-refractivity contribution in [3.05, 3.63) is 23.8 Å². The molecule has 0 aliphatic heterocycles. The van der Waals surface area contributed by atoms with Gasteiger partial charge in [-0.15, -0.1) is 0 Å². The fraction of sp³-hybridized carbons (Fsp3) is 0.571. The Hall–Kier alpha value is -1.38. The summed E-state index contributed by atoms with van der Waals surface area (Å²) >= 11 is 0. The number of hydrogen-bond donors (Lipinski definition) is 1. The molecule has 0 aromatic carbocycles. The van der Waals surface area contributed by atoms with E-state index in [0.29, 0.717) is 11.9 Å². The summed E-state index contributed by atoms with van der Waals surface area (Å²) in [5, 5.41) is 3.23. The number of nitrogens with one attached hydrogen (secondary N) is 1. The molecule has 0 aromatic rings. The second-order valence-corrected chi connectivity index (χ2v) is 4.39. The highest BCUT2D eigenvalue weighted by Gasteiger charge is 2.00. The Bertz CT molecular complexity index is 333. The number of allylic oxidation sites excluding steroid dienone is 4. The monoisotopic (exact) mass is 235 g/mol. The van der Waals surface area contributed by atoms with Crippen LogP contribution in [0.1, 0.15) is 34.6 Å². The van der Waals surface area contributed by atoms with Crippen LogP contribution >= 0.6 is 0 Å². The maximum Gasteiger partial charge on any atom is 0.217 e. The third-order valence-corrected chi connectivity index (χ3v) is 2.26. The zero-order valence-corrected chi connectivity index (χ0v) is 11.9. The lowest BCUT2D eigenvalue weighted by atomic mass is 10.2. The van der Waals surface area contributed by atoms with E-state index in [4.69, 9.17) is 0 Å². The van der Waals surface area contributed by atoms with Crippen LogP contribution in [0.2, 0.25) is 0 Å². The van der Waals surface area contributed by atoms with Crippen molar-refractivity contribution in [2.24, 2.45) is 15.9 Å². The van der Waals surface area contributed by atoms with Gasteiger partial charge >= 0.3 is 0 Å². The molecule has 0 saturated heterocycles. The number of rotatable bonds is 4. The van der Waals surface area contributed by atoms with Crippen molar-refractivity contribution < 1.29 is 0 Å². The lowest BCUT2D eigenvalue weighted by Crippen LogP contribution is -2.26. The van der Waals surface area contributed by atoms with Gasteiger partial charge in [0.1, 0.15) is 0 Å². The molecule has 0 heterocycles. The van der Waals surface area contributed by atoms with Gasteiger partial charge in [-0.05, 0) is 32.3 Å². The molecule has 0 saturated carbocycles. The van der Waals surface area contributed by atoms with Crippen LogP contribution in [0.5, 0.6) is 0 Å². The van der Waals surface area contributed by atoms with Crippen LogP contribution in [0.15, 0.2) is 33.8 Å². The zero-order valence-electron chi connectivity index (χ0n) is 11.9. The highest BCUT2D eigenvalue weighted by Crippen LogP contribution is 1.98. The van der Waals surface area contributed by atoms with Crippen molar-refractivity contribution in [1.29, 1.82) is 0 Å². The zero-order chi connectivity index (χ0) is 13.3. The van der Waals surface area contributed by atoms with Crippen LogP contribution in [0, 0.1) is 5.92 Å². The van der Waals surface area contributed by atoms with Crippen LogP contribution in [0.3, 0.4) is 0 Å². The molecular weight excluding hydrogens is 210 g/mol. The molecule has 17 heavy (non-hydrogen) atoms. The Morgan fingerprint density at radius 1 is 1.29 bits per heavy atom. The fourth-order valence-corrected chi connectivity index (χ4v) is 1.07. The molecule has 0 amide bonds. The first-order valence-corrected chi connectivity index (χ1v) is 6.07. The van der Waals surface area contributed by atoms with Gasteiger partial charge in [-0.2, -0.15) is 0 Å². The Balaban J connectivity index is 4.63. The molecule has 1 N–H and O–H groups in total. The topological polar surface area (TPSA) is 36.8 Å². The van der Waals surface area contributed by atoms with E-state index in [2.05, 4.69) is 42.1 Å². The first kappa shape index (κ1) is 15.6. The summed E-state index contributed by atoms with van der Waals surface area (Å²) < 4.78 is 0. The molecule has 0 unspecified atom stereocenters. The van der Waals surface area contributed by atoms with Crippen molar-refractivity contribution in [2.45, 2.75) is 34.6 Å². The van der Waals surface area contributed by atoms with Crippen molar-refractivity contribution in [1.82, 2.24) is 5.32 Å². The van der Waals surface area contributed by atoms with Crippen molar-refractivity contribution in [2.75, 3.05) is 13.6 Å². The maximum atomic E-state index is 4.47. The van der Waals surface area contributed by atoms with Gasteiger partial charge < -0.3 is 5.32 Å². The predicted octanol–water partition coefficient (Wildman–Crippen LogP) is 3.20. The van der Waals surface area contributed by atoms with Crippen LogP contribution in [0.4, 0.5) is 0 Å². The van der Waals surface area contributed by atoms with Gasteiger partial charge in [0.05, 0.1) is 0 Å². The maximum absolute atomic E-state index is 4.47. The molecule has 0 aliphatic rings. The van der Waals surface area contributed by atoms with Crippen LogP contribution in [-0.2, 0) is 0 Å². The first-order chi connectivity index (χ1) is 8.01. The van der Waals surface area contributed by atoms with Crippen molar-refractivity contribution in [3.8, 4) is 0 Å². The van der Waals surface area contributed by atoms with Gasteiger partial charge in [0.25, 0.3) is 0 Å². The van der Waals surface area contributed by atoms with Gasteiger partial charge in [-0.1, -0.05) is 32.1 Å². The van der Waals surface area contributed by atoms with E-state index in [-0.39, 0.29) is 0 Å². The second kappa shape index (κ2) is 8.74. The molecule has 0 fully saturated rings. The van der Waals surface area contributed by atoms with E-state index in [1.807, 2.05) is 26.0 Å². The lowest BCUT2D eigenvalue weighted by molar-refractivity contribution is 0.623. The van der Waals surface area contributed by atoms with E-state index in [0.717, 1.165) is 17.8 Å². The summed E-state index contributed by atoms with van der Waals surface area (Å²) in [5.74, 6) is 1.28. The highest BCUT2D eigenvalue weighted by molar-refractivity contribution is 6.05. The minimum Gasteiger partial charge on any atom is -0.354 e. The fourth-order valence-electron chi connectivity index (χ4n) is 1.07. The quantitative estimate of drug-likeness (QED) is 0.453. The van der Waals surface area contributed by atoms with Crippen LogP contribution in [0.25, 0.3) is 0 Å². The number of hydrogen-bond acceptors (Lipinski definition) is 1. The molecule has 0 aliphatic carbocycles. The Labute approximate surface area is 105 Å². The number of guanidine groups is 1. The molecule has 0 rings (SSSR count). The highest BCUT2D eigenvalue weighted by atomic mass is 15.1. The molecule has 0 aromatic heterocycles. The summed E-state index contributed by atoms with van der Waals surface area (Å²) in [6.07, 6.45) is 6.07. The molecule has 0 radical (unpaired) electrons. The van der Waals surface area contributed by atoms with E-state index in [1.165, 1.54) is 0 Å². The average Bonchev–Trinajstić information content (AvgIpc) is 2.30. The summed E-state index contributed by atoms with van der Waals surface area (Å²) in [6, 6.07) is 0. The molecule has 0 spiro atoms. The molecule has 0 atom stereocenters. The van der Waals surface area contributed by atoms with Gasteiger partial charge in [0.2, 0.25) is 5.96 Å². The average molecular weight is 235 g/mol. The third kappa shape index (κ3) is 7.50. The molecule has 3 heteroatoms. The smallest absolute Gasteiger partial charge is 0.217 e. The molecule has 3 nitrogen and oxygen atoms in total. The van der Waals surface area contributed by atoms with Crippen molar-refractivity contribution >= 4 is 11.7 Å². The lowest BCUT2D eigenvalue weighted by Gasteiger charge is -2.08. The van der Waals surface area contributed by atoms with E-state index in [1.54, 1.807) is 7.05 Å². The van der Waals surface area contributed by atoms with Gasteiger partial charge in [0, 0.05) is 19.3 Å². The van der Waals surface area contributed by atoms with E-state index in [9.17, 15) is 0 Å². The predicted molar refractivity (Wildman–Crippen MR) is 77.9 cm³/mol. The summed E-state index contributed by atoms with van der Waals surface area (Å²) in [6.45, 7) is 11.3. The standard InChI is InChI=1S/C14H25N3/c1-7-8-9-12(4)13(5)17-14(15-6)16-10-11(2)3/h7-9,11H,10H2,1-6H3,(H,15,16)/b8-7?,12-9+,17-13?. The largest absolute Gasteiger partial charge is 0.354 e. The molecule has 96 valence electrons. The molecular formula is C14H25N3. The summed E-state index contributed by atoms with van der Waals surface area (Å²) in [7, 11) is 1.75. The van der Waals surface area contributed by atoms with Crippen LogP contribution < -0.4 is 5.32 Å². The Kier molecular flexibility index (Phi) is 8.03. The minimum atomic E-state index is 0.585. The van der Waals surface area contributed by atoms with Gasteiger partial charge in [-0.25, -0.2) is 4.99 Å². The Morgan fingerprint density at radius 2 is 1.94 bits per heavy atom. The minimum absolute atomic E-state index is 0.585. The third-order valence-electron chi connectivity index (χ3n) is 2.26. The van der Waals surface area contributed by atoms with E-state index < -0.39 is 0 Å². The first-order valence-electron chi connectivity index (χ1n) is 6.07. The normalized spacial score (nSPS) is 14.9. The summed E-state index contributed by atoms with van der Waals surface area (Å²) in [5.41, 5.74) is 2.13. The van der Waals surface area contributed by atoms with Crippen LogP contribution in [-0.4, -0.2) is 25.3 Å².